The first-order chi connectivity index (χ1) is 9.63. The molecule has 4 nitrogen and oxygen atoms in total. The Morgan fingerprint density at radius 3 is 3.15 bits per heavy atom. The van der Waals surface area contributed by atoms with E-state index in [4.69, 9.17) is 5.11 Å². The number of aromatic amines is 1. The molecule has 1 aliphatic heterocycles. The highest BCUT2D eigenvalue weighted by Gasteiger charge is 2.27. The minimum absolute atomic E-state index is 0.171. The van der Waals surface area contributed by atoms with Gasteiger partial charge in [0.25, 0.3) is 0 Å². The van der Waals surface area contributed by atoms with E-state index in [1.807, 2.05) is 12.3 Å². The Morgan fingerprint density at radius 2 is 2.35 bits per heavy atom. The third-order valence-electron chi connectivity index (χ3n) is 4.01. The van der Waals surface area contributed by atoms with E-state index in [-0.39, 0.29) is 12.5 Å². The number of fused-ring (bicyclic) bond motifs is 1. The first-order valence-electron chi connectivity index (χ1n) is 6.85. The highest BCUT2D eigenvalue weighted by Crippen LogP contribution is 2.27. The Labute approximate surface area is 125 Å². The maximum Gasteiger partial charge on any atom is 0.304 e. The molecule has 1 aromatic heterocycles. The van der Waals surface area contributed by atoms with E-state index >= 15 is 0 Å². The Morgan fingerprint density at radius 1 is 1.50 bits per heavy atom. The summed E-state index contributed by atoms with van der Waals surface area (Å²) in [6.07, 6.45) is 4.35. The number of H-pyrrole nitrogens is 1. The second kappa shape index (κ2) is 5.58. The second-order valence-electron chi connectivity index (χ2n) is 5.37. The Bertz CT molecular complexity index is 638. The summed E-state index contributed by atoms with van der Waals surface area (Å²) in [7, 11) is 0. The molecule has 1 aromatic carbocycles. The summed E-state index contributed by atoms with van der Waals surface area (Å²) in [5, 5.41) is 10.2. The fourth-order valence-corrected chi connectivity index (χ4v) is 3.40. The molecule has 1 atom stereocenters. The van der Waals surface area contributed by atoms with Crippen LogP contribution in [-0.4, -0.2) is 33.5 Å². The van der Waals surface area contributed by atoms with Crippen LogP contribution < -0.4 is 0 Å². The number of carboxylic acids is 1. The van der Waals surface area contributed by atoms with Gasteiger partial charge in [0.05, 0.1) is 6.42 Å². The number of benzene rings is 1. The lowest BCUT2D eigenvalue weighted by Gasteiger charge is -2.22. The van der Waals surface area contributed by atoms with Crippen molar-refractivity contribution in [2.45, 2.75) is 31.8 Å². The molecule has 0 bridgehead atoms. The molecule has 106 valence electrons. The van der Waals surface area contributed by atoms with Gasteiger partial charge in [0, 0.05) is 34.2 Å². The van der Waals surface area contributed by atoms with Crippen molar-refractivity contribution in [1.82, 2.24) is 9.88 Å². The minimum Gasteiger partial charge on any atom is -0.481 e. The molecule has 0 radical (unpaired) electrons. The lowest BCUT2D eigenvalue weighted by molar-refractivity contribution is -0.138. The summed E-state index contributed by atoms with van der Waals surface area (Å²) in [6.45, 7) is 1.80. The van der Waals surface area contributed by atoms with Crippen LogP contribution in [0.2, 0.25) is 0 Å². The second-order valence-corrected chi connectivity index (χ2v) is 6.28. The largest absolute Gasteiger partial charge is 0.481 e. The van der Waals surface area contributed by atoms with Crippen molar-refractivity contribution in [3.63, 3.8) is 0 Å². The molecule has 1 unspecified atom stereocenters. The predicted molar refractivity (Wildman–Crippen MR) is 81.7 cm³/mol. The van der Waals surface area contributed by atoms with Crippen LogP contribution in [0.15, 0.2) is 28.9 Å². The maximum absolute atomic E-state index is 10.9. The van der Waals surface area contributed by atoms with Gasteiger partial charge in [0.15, 0.2) is 0 Å². The number of hydrogen-bond donors (Lipinski definition) is 2. The van der Waals surface area contributed by atoms with Gasteiger partial charge in [-0.3, -0.25) is 9.69 Å². The van der Waals surface area contributed by atoms with Crippen LogP contribution in [0.3, 0.4) is 0 Å². The van der Waals surface area contributed by atoms with Crippen LogP contribution >= 0.6 is 15.9 Å². The zero-order valence-electron chi connectivity index (χ0n) is 11.1. The molecule has 1 saturated heterocycles. The monoisotopic (exact) mass is 336 g/mol. The van der Waals surface area contributed by atoms with Crippen LogP contribution in [-0.2, 0) is 11.3 Å². The average Bonchev–Trinajstić information content (AvgIpc) is 2.98. The van der Waals surface area contributed by atoms with Crippen LogP contribution in [0, 0.1) is 0 Å². The summed E-state index contributed by atoms with van der Waals surface area (Å²) in [4.78, 5) is 16.5. The van der Waals surface area contributed by atoms with Crippen molar-refractivity contribution >= 4 is 32.8 Å². The number of hydrogen-bond acceptors (Lipinski definition) is 2. The number of carbonyl (C=O) groups is 1. The molecule has 0 spiro atoms. The lowest BCUT2D eigenvalue weighted by Crippen LogP contribution is -2.30. The Balaban J connectivity index is 1.82. The minimum atomic E-state index is -0.705. The summed E-state index contributed by atoms with van der Waals surface area (Å²) in [6, 6.07) is 6.36. The summed E-state index contributed by atoms with van der Waals surface area (Å²) < 4.78 is 1.06. The molecule has 2 aromatic rings. The molecule has 5 heteroatoms. The predicted octanol–water partition coefficient (Wildman–Crippen LogP) is 3.37. The molecule has 2 N–H and O–H groups in total. The number of likely N-dealkylation sites (tertiary alicyclic amines) is 1. The fraction of sp³-hybridized carbons (Fsp3) is 0.400. The normalized spacial score (nSPS) is 19.8. The first-order valence-corrected chi connectivity index (χ1v) is 7.64. The molecule has 1 fully saturated rings. The smallest absolute Gasteiger partial charge is 0.304 e. The number of carboxylic acid groups (broad SMARTS) is 1. The molecule has 20 heavy (non-hydrogen) atoms. The van der Waals surface area contributed by atoms with Crippen LogP contribution in [0.4, 0.5) is 0 Å². The van der Waals surface area contributed by atoms with E-state index in [2.05, 4.69) is 37.9 Å². The van der Waals surface area contributed by atoms with Gasteiger partial charge < -0.3 is 10.1 Å². The van der Waals surface area contributed by atoms with Crippen LogP contribution in [0.1, 0.15) is 24.8 Å². The van der Waals surface area contributed by atoms with Crippen molar-refractivity contribution in [2.75, 3.05) is 6.54 Å². The molecule has 0 saturated carbocycles. The Kier molecular flexibility index (Phi) is 3.81. The van der Waals surface area contributed by atoms with E-state index in [0.29, 0.717) is 0 Å². The van der Waals surface area contributed by atoms with Gasteiger partial charge in [0.2, 0.25) is 0 Å². The van der Waals surface area contributed by atoms with E-state index in [1.54, 1.807) is 0 Å². The van der Waals surface area contributed by atoms with E-state index in [9.17, 15) is 4.79 Å². The van der Waals surface area contributed by atoms with Crippen molar-refractivity contribution in [1.29, 1.82) is 0 Å². The number of nitrogens with one attached hydrogen (secondary N) is 1. The van der Waals surface area contributed by atoms with Gasteiger partial charge in [0.1, 0.15) is 0 Å². The zero-order chi connectivity index (χ0) is 14.1. The summed E-state index contributed by atoms with van der Waals surface area (Å²) >= 11 is 3.50. The van der Waals surface area contributed by atoms with Crippen molar-refractivity contribution in [3.05, 3.63) is 34.4 Å². The van der Waals surface area contributed by atoms with Gasteiger partial charge >= 0.3 is 5.97 Å². The number of rotatable bonds is 4. The van der Waals surface area contributed by atoms with Crippen molar-refractivity contribution < 1.29 is 9.90 Å². The molecular weight excluding hydrogens is 320 g/mol. The van der Waals surface area contributed by atoms with Crippen molar-refractivity contribution in [3.8, 4) is 0 Å². The number of nitrogens with zero attached hydrogens (tertiary/aromatic N) is 1. The average molecular weight is 337 g/mol. The first kappa shape index (κ1) is 13.6. The molecule has 2 heterocycles. The van der Waals surface area contributed by atoms with Crippen LogP contribution in [0.5, 0.6) is 0 Å². The van der Waals surface area contributed by atoms with E-state index in [0.717, 1.165) is 35.9 Å². The van der Waals surface area contributed by atoms with E-state index < -0.39 is 5.97 Å². The van der Waals surface area contributed by atoms with E-state index in [1.165, 1.54) is 10.9 Å². The molecule has 0 amide bonds. The molecule has 0 aliphatic carbocycles. The molecule has 3 rings (SSSR count). The molecule has 1 aliphatic rings. The highest BCUT2D eigenvalue weighted by atomic mass is 79.9. The van der Waals surface area contributed by atoms with Gasteiger partial charge in [-0.1, -0.05) is 15.9 Å². The topological polar surface area (TPSA) is 56.3 Å². The summed E-state index contributed by atoms with van der Waals surface area (Å²) in [5.41, 5.74) is 2.36. The standard InChI is InChI=1S/C15H17BrN2O2/c16-11-3-4-14-13(6-11)10(8-17-14)9-18-5-1-2-12(18)7-15(19)20/h3-4,6,8,12,17H,1-2,5,7,9H2,(H,19,20). The lowest BCUT2D eigenvalue weighted by atomic mass is 10.1. The quantitative estimate of drug-likeness (QED) is 0.899. The SMILES string of the molecule is O=C(O)CC1CCCN1Cc1c[nH]c2ccc(Br)cc12. The van der Waals surface area contributed by atoms with Gasteiger partial charge in [-0.05, 0) is 43.1 Å². The number of aromatic nitrogens is 1. The third kappa shape index (κ3) is 2.74. The zero-order valence-corrected chi connectivity index (χ0v) is 12.7. The van der Waals surface area contributed by atoms with Gasteiger partial charge in [-0.15, -0.1) is 0 Å². The van der Waals surface area contributed by atoms with Crippen LogP contribution in [0.25, 0.3) is 10.9 Å². The Hall–Kier alpha value is -1.33. The van der Waals surface area contributed by atoms with Crippen molar-refractivity contribution in [2.24, 2.45) is 0 Å². The summed E-state index contributed by atoms with van der Waals surface area (Å²) in [5.74, 6) is -0.705. The van der Waals surface area contributed by atoms with Gasteiger partial charge in [-0.2, -0.15) is 0 Å². The number of aliphatic carboxylic acids is 1. The fourth-order valence-electron chi connectivity index (χ4n) is 3.04. The number of halogens is 1. The highest BCUT2D eigenvalue weighted by molar-refractivity contribution is 9.10. The third-order valence-corrected chi connectivity index (χ3v) is 4.51. The molecular formula is C15H17BrN2O2. The van der Waals surface area contributed by atoms with Gasteiger partial charge in [-0.25, -0.2) is 0 Å². The maximum atomic E-state index is 10.9.